The Morgan fingerprint density at radius 2 is 1.77 bits per heavy atom. The van der Waals surface area contributed by atoms with Crippen LogP contribution < -0.4 is 4.90 Å². The summed E-state index contributed by atoms with van der Waals surface area (Å²) in [6.07, 6.45) is 1.81. The van der Waals surface area contributed by atoms with Crippen molar-refractivity contribution in [1.29, 1.82) is 5.26 Å². The number of likely N-dealkylation sites (tertiary alicyclic amines) is 1. The number of thiazole rings is 1. The Balaban J connectivity index is 1.15. The van der Waals surface area contributed by atoms with Gasteiger partial charge >= 0.3 is 0 Å². The molecule has 1 amide bonds. The van der Waals surface area contributed by atoms with Crippen molar-refractivity contribution >= 4 is 28.6 Å². The molecule has 47 heavy (non-hydrogen) atoms. The highest BCUT2D eigenvalue weighted by molar-refractivity contribution is 7.13. The number of halogens is 3. The van der Waals surface area contributed by atoms with E-state index >= 15 is 4.39 Å². The highest BCUT2D eigenvalue weighted by Gasteiger charge is 2.32. The summed E-state index contributed by atoms with van der Waals surface area (Å²) < 4.78 is 45.0. The third-order valence-corrected chi connectivity index (χ3v) is 9.93. The number of hydrogen-bond acceptors (Lipinski definition) is 7. The van der Waals surface area contributed by atoms with Crippen LogP contribution in [0.5, 0.6) is 0 Å². The number of aryl methyl sites for hydroxylation is 1. The van der Waals surface area contributed by atoms with Gasteiger partial charge in [-0.25, -0.2) is 23.1 Å². The first kappa shape index (κ1) is 30.9. The molecule has 0 radical (unpaired) electrons. The maximum atomic E-state index is 16.2. The monoisotopic (exact) mass is 655 g/mol. The van der Waals surface area contributed by atoms with Crippen molar-refractivity contribution in [3.63, 3.8) is 0 Å². The number of amides is 1. The summed E-state index contributed by atoms with van der Waals surface area (Å²) in [5.74, 6) is -0.910. The third-order valence-electron chi connectivity index (χ3n) is 9.05. The van der Waals surface area contributed by atoms with E-state index < -0.39 is 12.0 Å². The number of benzene rings is 2. The predicted octanol–water partition coefficient (Wildman–Crippen LogP) is 6.11. The number of aromatic nitrogens is 3. The van der Waals surface area contributed by atoms with E-state index in [4.69, 9.17) is 4.98 Å². The van der Waals surface area contributed by atoms with Gasteiger partial charge in [-0.3, -0.25) is 14.1 Å². The molecule has 240 valence electrons. The van der Waals surface area contributed by atoms with Crippen molar-refractivity contribution in [2.45, 2.75) is 26.4 Å². The summed E-state index contributed by atoms with van der Waals surface area (Å²) in [4.78, 5) is 27.9. The van der Waals surface area contributed by atoms with E-state index in [2.05, 4.69) is 14.8 Å². The van der Waals surface area contributed by atoms with Gasteiger partial charge in [-0.15, -0.1) is 11.3 Å². The van der Waals surface area contributed by atoms with Crippen LogP contribution in [-0.4, -0.2) is 82.1 Å². The molecule has 2 aromatic carbocycles. The Morgan fingerprint density at radius 3 is 2.49 bits per heavy atom. The van der Waals surface area contributed by atoms with E-state index in [0.29, 0.717) is 40.4 Å². The summed E-state index contributed by atoms with van der Waals surface area (Å²) in [5, 5.41) is 11.7. The minimum absolute atomic E-state index is 0.0196. The lowest BCUT2D eigenvalue weighted by molar-refractivity contribution is -0.139. The molecule has 3 aromatic heterocycles. The topological polar surface area (TPSA) is 80.8 Å². The first-order valence-corrected chi connectivity index (χ1v) is 16.5. The lowest BCUT2D eigenvalue weighted by atomic mass is 9.99. The van der Waals surface area contributed by atoms with Gasteiger partial charge in [-0.05, 0) is 55.3 Å². The van der Waals surface area contributed by atoms with E-state index in [9.17, 15) is 18.8 Å². The van der Waals surface area contributed by atoms with Gasteiger partial charge in [0.1, 0.15) is 28.5 Å². The smallest absolute Gasteiger partial charge is 0.236 e. The number of piperazine rings is 1. The first-order chi connectivity index (χ1) is 22.7. The molecule has 2 aliphatic rings. The molecular weight excluding hydrogens is 623 g/mol. The van der Waals surface area contributed by atoms with Gasteiger partial charge < -0.3 is 9.80 Å². The molecule has 2 aliphatic heterocycles. The number of rotatable bonds is 7. The fraction of sp³-hybridized carbons (Fsp3) is 0.314. The maximum absolute atomic E-state index is 16.2. The molecule has 7 rings (SSSR count). The van der Waals surface area contributed by atoms with Crippen molar-refractivity contribution in [2.75, 3.05) is 50.7 Å². The molecule has 0 unspecified atom stereocenters. The quantitative estimate of drug-likeness (QED) is 0.211. The largest absolute Gasteiger partial charge is 0.368 e. The number of pyridine rings is 1. The zero-order valence-electron chi connectivity index (χ0n) is 26.0. The number of nitrogens with zero attached hydrogens (tertiary/aromatic N) is 7. The number of hydrogen-bond donors (Lipinski definition) is 0. The molecule has 0 aliphatic carbocycles. The summed E-state index contributed by atoms with van der Waals surface area (Å²) >= 11 is 1.27. The van der Waals surface area contributed by atoms with Gasteiger partial charge in [0.25, 0.3) is 0 Å². The number of anilines is 1. The second kappa shape index (κ2) is 12.5. The normalized spacial score (nSPS) is 15.7. The maximum Gasteiger partial charge on any atom is 0.236 e. The van der Waals surface area contributed by atoms with Crippen LogP contribution in [0.4, 0.5) is 18.9 Å². The number of alkyl halides is 1. The van der Waals surface area contributed by atoms with Gasteiger partial charge in [-0.2, -0.15) is 5.26 Å². The third kappa shape index (κ3) is 5.74. The fourth-order valence-electron chi connectivity index (χ4n) is 6.35. The van der Waals surface area contributed by atoms with Gasteiger partial charge in [0.2, 0.25) is 5.91 Å². The lowest BCUT2D eigenvalue weighted by Crippen LogP contribution is -2.56. The number of fused-ring (bicyclic) bond motifs is 1. The van der Waals surface area contributed by atoms with E-state index in [-0.39, 0.29) is 30.4 Å². The van der Waals surface area contributed by atoms with Crippen molar-refractivity contribution < 1.29 is 18.0 Å². The molecule has 0 N–H and O–H groups in total. The Labute approximate surface area is 274 Å². The van der Waals surface area contributed by atoms with E-state index in [1.165, 1.54) is 29.5 Å². The molecule has 2 fully saturated rings. The van der Waals surface area contributed by atoms with E-state index in [1.807, 2.05) is 41.8 Å². The lowest BCUT2D eigenvalue weighted by Gasteiger charge is -2.39. The highest BCUT2D eigenvalue weighted by atomic mass is 32.1. The van der Waals surface area contributed by atoms with Crippen molar-refractivity contribution in [3.05, 3.63) is 82.5 Å². The molecule has 0 saturated carbocycles. The van der Waals surface area contributed by atoms with Crippen molar-refractivity contribution in [2.24, 2.45) is 0 Å². The second-order valence-corrected chi connectivity index (χ2v) is 12.8. The number of carbonyl (C=O) groups is 1. The van der Waals surface area contributed by atoms with Gasteiger partial charge in [0.15, 0.2) is 0 Å². The van der Waals surface area contributed by atoms with Crippen LogP contribution in [0, 0.1) is 29.9 Å². The number of nitriles is 1. The van der Waals surface area contributed by atoms with Gasteiger partial charge in [0, 0.05) is 54.4 Å². The average Bonchev–Trinajstić information content (AvgIpc) is 3.69. The molecule has 0 spiro atoms. The van der Waals surface area contributed by atoms with Crippen LogP contribution in [0.25, 0.3) is 38.7 Å². The van der Waals surface area contributed by atoms with Crippen LogP contribution >= 0.6 is 11.3 Å². The summed E-state index contributed by atoms with van der Waals surface area (Å²) in [6.45, 7) is 7.41. The minimum atomic E-state index is -0.898. The molecule has 0 bridgehead atoms. The Bertz CT molecular complexity index is 2040. The van der Waals surface area contributed by atoms with E-state index in [0.717, 1.165) is 54.5 Å². The van der Waals surface area contributed by atoms with Gasteiger partial charge in [-0.1, -0.05) is 13.0 Å². The van der Waals surface area contributed by atoms with E-state index in [1.54, 1.807) is 23.3 Å². The van der Waals surface area contributed by atoms with Crippen molar-refractivity contribution in [3.8, 4) is 39.2 Å². The van der Waals surface area contributed by atoms with Crippen LogP contribution in [0.2, 0.25) is 0 Å². The summed E-state index contributed by atoms with van der Waals surface area (Å²) in [6, 6.07) is 13.6. The summed E-state index contributed by atoms with van der Waals surface area (Å²) in [5.41, 5.74) is 6.19. The molecule has 12 heteroatoms. The Kier molecular flexibility index (Phi) is 8.20. The average molecular weight is 656 g/mol. The van der Waals surface area contributed by atoms with Gasteiger partial charge in [0.05, 0.1) is 54.0 Å². The Hall–Kier alpha value is -4.73. The standard InChI is InChI=1S/C35H32F3N7OS/c1-3-29-34(26-7-8-28(33(38)21(26)2)35-41-30(20-47-35)27-6-4-23(36)14-22(27)15-39)45-18-25(5-9-31(45)40-29)43-12-10-42(11-13-43)19-32(46)44-16-24(37)17-44/h4-9,14,18,20,24H,3,10-13,16-17,19H2,1-2H3. The van der Waals surface area contributed by atoms with Crippen LogP contribution in [-0.2, 0) is 11.2 Å². The second-order valence-electron chi connectivity index (χ2n) is 12.0. The highest BCUT2D eigenvalue weighted by Crippen LogP contribution is 2.37. The molecule has 0 atom stereocenters. The minimum Gasteiger partial charge on any atom is -0.368 e. The number of imidazole rings is 1. The molecule has 5 heterocycles. The molecule has 8 nitrogen and oxygen atoms in total. The first-order valence-electron chi connectivity index (χ1n) is 15.6. The number of carbonyl (C=O) groups excluding carboxylic acids is 1. The van der Waals surface area contributed by atoms with Crippen LogP contribution in [0.1, 0.15) is 23.7 Å². The Morgan fingerprint density at radius 1 is 1.02 bits per heavy atom. The zero-order valence-corrected chi connectivity index (χ0v) is 26.8. The van der Waals surface area contributed by atoms with Crippen molar-refractivity contribution in [1.82, 2.24) is 24.2 Å². The summed E-state index contributed by atoms with van der Waals surface area (Å²) in [7, 11) is 0. The van der Waals surface area contributed by atoms with Crippen LogP contribution in [0.15, 0.2) is 54.0 Å². The zero-order chi connectivity index (χ0) is 32.8. The molecule has 5 aromatic rings. The fourth-order valence-corrected chi connectivity index (χ4v) is 7.18. The predicted molar refractivity (Wildman–Crippen MR) is 176 cm³/mol. The molecule has 2 saturated heterocycles. The van der Waals surface area contributed by atoms with Crippen LogP contribution in [0.3, 0.4) is 0 Å². The SMILES string of the molecule is CCc1nc2ccc(N3CCN(CC(=O)N4CC(F)C4)CC3)cn2c1-c1ccc(-c2nc(-c3ccc(F)cc3C#N)cs2)c(F)c1C. The molecular formula is C35H32F3N7OS.